The molecule has 0 saturated heterocycles. The van der Waals surface area contributed by atoms with Gasteiger partial charge in [0.25, 0.3) is 0 Å². The molecular formula is C22H17NO4S. The van der Waals surface area contributed by atoms with E-state index in [0.717, 1.165) is 11.1 Å². The Morgan fingerprint density at radius 2 is 1.29 bits per heavy atom. The van der Waals surface area contributed by atoms with Gasteiger partial charge in [0.05, 0.1) is 9.79 Å². The minimum atomic E-state index is -3.83. The Labute approximate surface area is 162 Å². The average molecular weight is 391 g/mol. The molecule has 0 bridgehead atoms. The lowest BCUT2D eigenvalue weighted by atomic mass is 10.1. The molecule has 0 atom stereocenters. The van der Waals surface area contributed by atoms with Gasteiger partial charge < -0.3 is 10.2 Å². The van der Waals surface area contributed by atoms with Crippen LogP contribution in [0.5, 0.6) is 11.8 Å². The van der Waals surface area contributed by atoms with E-state index in [2.05, 4.69) is 4.98 Å². The van der Waals surface area contributed by atoms with Gasteiger partial charge in [-0.05, 0) is 29.3 Å². The molecular weight excluding hydrogens is 374 g/mol. The molecule has 0 unspecified atom stereocenters. The van der Waals surface area contributed by atoms with Gasteiger partial charge in [-0.3, -0.25) is 4.98 Å². The summed E-state index contributed by atoms with van der Waals surface area (Å²) in [6.45, 7) is 0. The van der Waals surface area contributed by atoms with Gasteiger partial charge in [-0.15, -0.1) is 0 Å². The largest absolute Gasteiger partial charge is 0.494 e. The SMILES string of the molecule is O=S(=O)(c1ccc(-c2ccccc2)cc1)c1ccccc1-c1cc(O)[nH]c1O. The van der Waals surface area contributed by atoms with E-state index >= 15 is 0 Å². The molecule has 0 aliphatic rings. The maximum atomic E-state index is 13.2. The minimum Gasteiger partial charge on any atom is -0.494 e. The second-order valence-corrected chi connectivity index (χ2v) is 8.22. The Morgan fingerprint density at radius 3 is 1.93 bits per heavy atom. The van der Waals surface area contributed by atoms with Gasteiger partial charge in [0.1, 0.15) is 0 Å². The fourth-order valence-corrected chi connectivity index (χ4v) is 4.62. The van der Waals surface area contributed by atoms with Crippen molar-refractivity contribution in [3.63, 3.8) is 0 Å². The van der Waals surface area contributed by atoms with Crippen molar-refractivity contribution in [2.24, 2.45) is 0 Å². The van der Waals surface area contributed by atoms with Crippen molar-refractivity contribution in [1.82, 2.24) is 4.98 Å². The Kier molecular flexibility index (Phi) is 4.41. The average Bonchev–Trinajstić information content (AvgIpc) is 3.06. The van der Waals surface area contributed by atoms with Gasteiger partial charge in [0.2, 0.25) is 9.84 Å². The van der Waals surface area contributed by atoms with Crippen LogP contribution in [0.4, 0.5) is 0 Å². The first-order chi connectivity index (χ1) is 13.5. The van der Waals surface area contributed by atoms with Crippen molar-refractivity contribution < 1.29 is 18.6 Å². The van der Waals surface area contributed by atoms with Crippen molar-refractivity contribution in [2.75, 3.05) is 0 Å². The summed E-state index contributed by atoms with van der Waals surface area (Å²) in [6, 6.07) is 24.0. The molecule has 0 spiro atoms. The highest BCUT2D eigenvalue weighted by Gasteiger charge is 2.24. The lowest BCUT2D eigenvalue weighted by Crippen LogP contribution is -2.04. The van der Waals surface area contributed by atoms with Crippen LogP contribution in [-0.4, -0.2) is 23.6 Å². The third kappa shape index (κ3) is 3.14. The van der Waals surface area contributed by atoms with E-state index in [9.17, 15) is 18.6 Å². The molecule has 140 valence electrons. The van der Waals surface area contributed by atoms with Gasteiger partial charge in [-0.1, -0.05) is 60.7 Å². The van der Waals surface area contributed by atoms with Crippen LogP contribution < -0.4 is 0 Å². The summed E-state index contributed by atoms with van der Waals surface area (Å²) in [5.41, 5.74) is 2.45. The number of aromatic amines is 1. The zero-order valence-corrected chi connectivity index (χ0v) is 15.5. The van der Waals surface area contributed by atoms with Crippen LogP contribution in [0.15, 0.2) is 94.7 Å². The number of hydrogen-bond acceptors (Lipinski definition) is 4. The molecule has 0 aliphatic carbocycles. The quantitative estimate of drug-likeness (QED) is 0.474. The zero-order valence-electron chi connectivity index (χ0n) is 14.7. The molecule has 0 aliphatic heterocycles. The summed E-state index contributed by atoms with van der Waals surface area (Å²) in [7, 11) is -3.83. The highest BCUT2D eigenvalue weighted by molar-refractivity contribution is 7.91. The third-order valence-corrected chi connectivity index (χ3v) is 6.35. The summed E-state index contributed by atoms with van der Waals surface area (Å²) in [5.74, 6) is -0.536. The van der Waals surface area contributed by atoms with Crippen molar-refractivity contribution in [2.45, 2.75) is 9.79 Å². The van der Waals surface area contributed by atoms with Gasteiger partial charge in [-0.25, -0.2) is 8.42 Å². The first-order valence-corrected chi connectivity index (χ1v) is 10.1. The van der Waals surface area contributed by atoms with Crippen LogP contribution in [0.2, 0.25) is 0 Å². The van der Waals surface area contributed by atoms with E-state index in [-0.39, 0.29) is 27.1 Å². The summed E-state index contributed by atoms with van der Waals surface area (Å²) in [4.78, 5) is 2.57. The van der Waals surface area contributed by atoms with E-state index in [1.165, 1.54) is 12.1 Å². The summed E-state index contributed by atoms with van der Waals surface area (Å²) in [5, 5.41) is 19.6. The monoisotopic (exact) mass is 391 g/mol. The molecule has 1 heterocycles. The lowest BCUT2D eigenvalue weighted by Gasteiger charge is -2.11. The lowest BCUT2D eigenvalue weighted by molar-refractivity contribution is 0.426. The Hall–Kier alpha value is -3.51. The van der Waals surface area contributed by atoms with E-state index in [0.29, 0.717) is 5.56 Å². The molecule has 0 radical (unpaired) electrons. The second kappa shape index (κ2) is 6.90. The number of rotatable bonds is 4. The topological polar surface area (TPSA) is 90.4 Å². The first-order valence-electron chi connectivity index (χ1n) is 8.58. The summed E-state index contributed by atoms with van der Waals surface area (Å²) >= 11 is 0. The number of nitrogens with one attached hydrogen (secondary N) is 1. The zero-order chi connectivity index (χ0) is 19.7. The van der Waals surface area contributed by atoms with Crippen LogP contribution in [0, 0.1) is 0 Å². The molecule has 0 saturated carbocycles. The van der Waals surface area contributed by atoms with Crippen LogP contribution in [-0.2, 0) is 9.84 Å². The molecule has 28 heavy (non-hydrogen) atoms. The molecule has 4 aromatic rings. The highest BCUT2D eigenvalue weighted by atomic mass is 32.2. The van der Waals surface area contributed by atoms with Gasteiger partial charge in [-0.2, -0.15) is 0 Å². The van der Waals surface area contributed by atoms with Crippen LogP contribution in [0.25, 0.3) is 22.3 Å². The van der Waals surface area contributed by atoms with Gasteiger partial charge >= 0.3 is 0 Å². The Bertz CT molecular complexity index is 1230. The summed E-state index contributed by atoms with van der Waals surface area (Å²) in [6.07, 6.45) is 0. The number of hydrogen-bond donors (Lipinski definition) is 3. The van der Waals surface area contributed by atoms with E-state index < -0.39 is 9.84 Å². The molecule has 5 nitrogen and oxygen atoms in total. The number of benzene rings is 3. The van der Waals surface area contributed by atoms with E-state index in [1.54, 1.807) is 42.5 Å². The maximum absolute atomic E-state index is 13.2. The fraction of sp³-hybridized carbons (Fsp3) is 0. The van der Waals surface area contributed by atoms with Crippen molar-refractivity contribution in [3.05, 3.63) is 84.9 Å². The Balaban J connectivity index is 1.79. The fourth-order valence-electron chi connectivity index (χ4n) is 3.14. The predicted octanol–water partition coefficient (Wildman–Crippen LogP) is 4.59. The normalized spacial score (nSPS) is 11.4. The summed E-state index contributed by atoms with van der Waals surface area (Å²) < 4.78 is 26.5. The highest BCUT2D eigenvalue weighted by Crippen LogP contribution is 2.38. The van der Waals surface area contributed by atoms with Crippen LogP contribution in [0.1, 0.15) is 0 Å². The predicted molar refractivity (Wildman–Crippen MR) is 107 cm³/mol. The van der Waals surface area contributed by atoms with E-state index in [4.69, 9.17) is 0 Å². The first kappa shape index (κ1) is 17.9. The minimum absolute atomic E-state index is 0.0526. The molecule has 3 aromatic carbocycles. The standard InChI is InChI=1S/C22H17NO4S/c24-21-14-19(22(25)23-21)18-8-4-5-9-20(18)28(26,27)17-12-10-16(11-13-17)15-6-2-1-3-7-15/h1-14,23-25H. The second-order valence-electron chi connectivity index (χ2n) is 6.31. The number of H-pyrrole nitrogens is 1. The van der Waals surface area contributed by atoms with Crippen molar-refractivity contribution in [1.29, 1.82) is 0 Å². The number of aromatic hydroxyl groups is 2. The number of aromatic nitrogens is 1. The molecule has 0 amide bonds. The smallest absolute Gasteiger partial charge is 0.207 e. The van der Waals surface area contributed by atoms with Gasteiger partial charge in [0, 0.05) is 17.2 Å². The maximum Gasteiger partial charge on any atom is 0.207 e. The molecule has 4 rings (SSSR count). The number of sulfone groups is 1. The molecule has 3 N–H and O–H groups in total. The van der Waals surface area contributed by atoms with Gasteiger partial charge in [0.15, 0.2) is 11.8 Å². The van der Waals surface area contributed by atoms with E-state index in [1.807, 2.05) is 30.3 Å². The van der Waals surface area contributed by atoms with Crippen LogP contribution >= 0.6 is 0 Å². The molecule has 0 fully saturated rings. The van der Waals surface area contributed by atoms with Crippen molar-refractivity contribution >= 4 is 9.84 Å². The van der Waals surface area contributed by atoms with Crippen LogP contribution in [0.3, 0.4) is 0 Å². The third-order valence-electron chi connectivity index (χ3n) is 4.52. The molecule has 1 aromatic heterocycles. The van der Waals surface area contributed by atoms with Crippen molar-refractivity contribution in [3.8, 4) is 34.0 Å². The Morgan fingerprint density at radius 1 is 0.679 bits per heavy atom. The molecule has 6 heteroatoms.